The molecule has 1 heterocycles. The van der Waals surface area contributed by atoms with Gasteiger partial charge in [-0.2, -0.15) is 4.98 Å². The van der Waals surface area contributed by atoms with Gasteiger partial charge in [0.25, 0.3) is 0 Å². The maximum absolute atomic E-state index is 9.14. The van der Waals surface area contributed by atoms with Gasteiger partial charge in [-0.3, -0.25) is 0 Å². The molecule has 0 aliphatic carbocycles. The van der Waals surface area contributed by atoms with E-state index in [1.54, 1.807) is 6.07 Å². The van der Waals surface area contributed by atoms with E-state index in [4.69, 9.17) is 5.11 Å². The number of rotatable bonds is 4. The number of aryl methyl sites for hydroxylation is 2. The van der Waals surface area contributed by atoms with Crippen molar-refractivity contribution in [1.29, 1.82) is 0 Å². The molecule has 0 atom stereocenters. The standard InChI is InChI=1S/C12H10.C9H14N2O/c1-3-7-11(8-4-1)12-9-5-2-6-10-12;1-3-4-5-8-10-7(2)6-9(12)11-8/h1-10H;6H,3-5H2,1-2H3,(H,10,11,12). The third-order valence-corrected chi connectivity index (χ3v) is 3.52. The number of aromatic hydroxyl groups is 1. The fourth-order valence-corrected chi connectivity index (χ4v) is 2.32. The second-order valence-corrected chi connectivity index (χ2v) is 5.62. The Balaban J connectivity index is 0.000000174. The number of unbranched alkanes of at least 4 members (excludes halogenated alkanes) is 1. The number of nitrogens with zero attached hydrogens (tertiary/aromatic N) is 2. The summed E-state index contributed by atoms with van der Waals surface area (Å²) in [5.41, 5.74) is 3.38. The molecule has 24 heavy (non-hydrogen) atoms. The molecule has 3 heteroatoms. The topological polar surface area (TPSA) is 46.0 Å². The quantitative estimate of drug-likeness (QED) is 0.720. The van der Waals surface area contributed by atoms with E-state index in [2.05, 4.69) is 65.4 Å². The van der Waals surface area contributed by atoms with Crippen molar-refractivity contribution < 1.29 is 5.11 Å². The molecule has 0 saturated carbocycles. The first-order valence-electron chi connectivity index (χ1n) is 8.33. The second kappa shape index (κ2) is 9.46. The summed E-state index contributed by atoms with van der Waals surface area (Å²) in [6, 6.07) is 22.3. The van der Waals surface area contributed by atoms with Gasteiger partial charge in [0, 0.05) is 18.2 Å². The molecule has 0 spiro atoms. The van der Waals surface area contributed by atoms with Gasteiger partial charge in [0.1, 0.15) is 5.82 Å². The van der Waals surface area contributed by atoms with Crippen LogP contribution >= 0.6 is 0 Å². The SMILES string of the molecule is CCCCc1nc(C)cc(O)n1.c1ccc(-c2ccccc2)cc1. The zero-order valence-electron chi connectivity index (χ0n) is 14.3. The summed E-state index contributed by atoms with van der Waals surface area (Å²) >= 11 is 0. The molecular weight excluding hydrogens is 296 g/mol. The molecule has 0 radical (unpaired) electrons. The van der Waals surface area contributed by atoms with Crippen LogP contribution in [0.4, 0.5) is 0 Å². The van der Waals surface area contributed by atoms with Crippen LogP contribution in [0.1, 0.15) is 31.3 Å². The Morgan fingerprint density at radius 3 is 1.83 bits per heavy atom. The van der Waals surface area contributed by atoms with Crippen LogP contribution in [0.3, 0.4) is 0 Å². The fourth-order valence-electron chi connectivity index (χ4n) is 2.32. The molecule has 1 aromatic heterocycles. The molecule has 3 rings (SSSR count). The highest BCUT2D eigenvalue weighted by atomic mass is 16.3. The Labute approximate surface area is 144 Å². The third kappa shape index (κ3) is 5.84. The molecular formula is C21H24N2O. The van der Waals surface area contributed by atoms with E-state index < -0.39 is 0 Å². The Bertz CT molecular complexity index is 670. The molecule has 3 aromatic rings. The van der Waals surface area contributed by atoms with E-state index in [0.29, 0.717) is 0 Å². The van der Waals surface area contributed by atoms with Gasteiger partial charge in [0.15, 0.2) is 0 Å². The maximum atomic E-state index is 9.14. The summed E-state index contributed by atoms with van der Waals surface area (Å²) in [4.78, 5) is 8.12. The fraction of sp³-hybridized carbons (Fsp3) is 0.238. The highest BCUT2D eigenvalue weighted by Crippen LogP contribution is 2.17. The molecule has 2 aromatic carbocycles. The van der Waals surface area contributed by atoms with E-state index in [1.807, 2.05) is 19.1 Å². The van der Waals surface area contributed by atoms with Crippen LogP contribution < -0.4 is 0 Å². The smallest absolute Gasteiger partial charge is 0.214 e. The van der Waals surface area contributed by atoms with E-state index in [-0.39, 0.29) is 5.88 Å². The average molecular weight is 320 g/mol. The number of hydrogen-bond donors (Lipinski definition) is 1. The molecule has 0 aliphatic rings. The molecule has 0 amide bonds. The molecule has 0 bridgehead atoms. The minimum atomic E-state index is 0.0774. The van der Waals surface area contributed by atoms with Crippen LogP contribution in [-0.4, -0.2) is 15.1 Å². The first kappa shape index (κ1) is 17.7. The number of aromatic nitrogens is 2. The number of hydrogen-bond acceptors (Lipinski definition) is 3. The van der Waals surface area contributed by atoms with Crippen molar-refractivity contribution in [2.24, 2.45) is 0 Å². The van der Waals surface area contributed by atoms with Crippen LogP contribution in [0.2, 0.25) is 0 Å². The molecule has 0 saturated heterocycles. The minimum absolute atomic E-state index is 0.0774. The van der Waals surface area contributed by atoms with Gasteiger partial charge in [0.2, 0.25) is 5.88 Å². The lowest BCUT2D eigenvalue weighted by atomic mass is 10.1. The van der Waals surface area contributed by atoms with Gasteiger partial charge in [-0.05, 0) is 24.5 Å². The Hall–Kier alpha value is -2.68. The first-order chi connectivity index (χ1) is 11.7. The van der Waals surface area contributed by atoms with E-state index in [0.717, 1.165) is 30.8 Å². The van der Waals surface area contributed by atoms with Crippen molar-refractivity contribution in [3.05, 3.63) is 78.2 Å². The Morgan fingerprint density at radius 2 is 1.38 bits per heavy atom. The zero-order chi connectivity index (χ0) is 17.2. The van der Waals surface area contributed by atoms with E-state index in [1.165, 1.54) is 11.1 Å². The molecule has 1 N–H and O–H groups in total. The molecule has 3 nitrogen and oxygen atoms in total. The monoisotopic (exact) mass is 320 g/mol. The largest absolute Gasteiger partial charge is 0.493 e. The van der Waals surface area contributed by atoms with Crippen LogP contribution in [-0.2, 0) is 6.42 Å². The highest BCUT2D eigenvalue weighted by molar-refractivity contribution is 5.62. The highest BCUT2D eigenvalue weighted by Gasteiger charge is 1.99. The van der Waals surface area contributed by atoms with Crippen molar-refractivity contribution in [3.63, 3.8) is 0 Å². The van der Waals surface area contributed by atoms with Crippen molar-refractivity contribution in [2.45, 2.75) is 33.1 Å². The zero-order valence-corrected chi connectivity index (χ0v) is 14.3. The van der Waals surface area contributed by atoms with Gasteiger partial charge < -0.3 is 5.11 Å². The summed E-state index contributed by atoms with van der Waals surface area (Å²) in [6.45, 7) is 3.98. The van der Waals surface area contributed by atoms with Gasteiger partial charge in [0.05, 0.1) is 0 Å². The first-order valence-corrected chi connectivity index (χ1v) is 8.33. The van der Waals surface area contributed by atoms with Crippen LogP contribution in [0.15, 0.2) is 66.7 Å². The summed E-state index contributed by atoms with van der Waals surface area (Å²) in [5, 5.41) is 9.14. The Kier molecular flexibility index (Phi) is 6.96. The molecule has 0 aliphatic heterocycles. The summed E-state index contributed by atoms with van der Waals surface area (Å²) in [5.74, 6) is 0.822. The van der Waals surface area contributed by atoms with E-state index >= 15 is 0 Å². The van der Waals surface area contributed by atoms with Gasteiger partial charge in [-0.15, -0.1) is 0 Å². The summed E-state index contributed by atoms with van der Waals surface area (Å²) in [7, 11) is 0. The lowest BCUT2D eigenvalue weighted by molar-refractivity contribution is 0.447. The van der Waals surface area contributed by atoms with Crippen molar-refractivity contribution in [1.82, 2.24) is 9.97 Å². The molecule has 124 valence electrons. The van der Waals surface area contributed by atoms with E-state index in [9.17, 15) is 0 Å². The predicted octanol–water partition coefficient (Wildman–Crippen LogP) is 5.19. The Morgan fingerprint density at radius 1 is 0.833 bits per heavy atom. The maximum Gasteiger partial charge on any atom is 0.214 e. The lowest BCUT2D eigenvalue weighted by Gasteiger charge is -2.00. The normalized spacial score (nSPS) is 9.92. The number of benzene rings is 2. The van der Waals surface area contributed by atoms with Crippen LogP contribution in [0, 0.1) is 6.92 Å². The van der Waals surface area contributed by atoms with Crippen LogP contribution in [0.5, 0.6) is 5.88 Å². The molecule has 0 unspecified atom stereocenters. The van der Waals surface area contributed by atoms with Crippen LogP contribution in [0.25, 0.3) is 11.1 Å². The van der Waals surface area contributed by atoms with Gasteiger partial charge >= 0.3 is 0 Å². The predicted molar refractivity (Wildman–Crippen MR) is 98.9 cm³/mol. The lowest BCUT2D eigenvalue weighted by Crippen LogP contribution is -1.96. The van der Waals surface area contributed by atoms with Crippen molar-refractivity contribution in [2.75, 3.05) is 0 Å². The minimum Gasteiger partial charge on any atom is -0.493 e. The van der Waals surface area contributed by atoms with Crippen molar-refractivity contribution >= 4 is 0 Å². The second-order valence-electron chi connectivity index (χ2n) is 5.62. The van der Waals surface area contributed by atoms with Gasteiger partial charge in [-0.25, -0.2) is 4.98 Å². The third-order valence-electron chi connectivity index (χ3n) is 3.52. The summed E-state index contributed by atoms with van der Waals surface area (Å²) < 4.78 is 0. The van der Waals surface area contributed by atoms with Gasteiger partial charge in [-0.1, -0.05) is 74.0 Å². The summed E-state index contributed by atoms with van der Waals surface area (Å²) in [6.07, 6.45) is 3.05. The average Bonchev–Trinajstić information content (AvgIpc) is 2.61. The molecule has 0 fully saturated rings. The van der Waals surface area contributed by atoms with Crippen molar-refractivity contribution in [3.8, 4) is 17.0 Å².